The molecule has 1 N–H and O–H groups in total. The first-order valence-electron chi connectivity index (χ1n) is 6.76. The van der Waals surface area contributed by atoms with Crippen LogP contribution in [0.5, 0.6) is 5.88 Å². The number of rotatable bonds is 6. The Morgan fingerprint density at radius 1 is 1.42 bits per heavy atom. The molecular weight excluding hydrogens is 256 g/mol. The number of ether oxygens (including phenoxy) is 1. The predicted molar refractivity (Wildman–Crippen MR) is 78.8 cm³/mol. The summed E-state index contributed by atoms with van der Waals surface area (Å²) in [7, 11) is 0. The van der Waals surface area contributed by atoms with E-state index in [1.54, 1.807) is 6.20 Å². The van der Waals surface area contributed by atoms with Gasteiger partial charge in [-0.25, -0.2) is 4.98 Å². The van der Waals surface area contributed by atoms with Crippen LogP contribution < -0.4 is 10.1 Å². The molecule has 0 aromatic carbocycles. The van der Waals surface area contributed by atoms with Crippen LogP contribution in [0.25, 0.3) is 0 Å². The Morgan fingerprint density at radius 3 is 3.00 bits per heavy atom. The first kappa shape index (κ1) is 12.5. The molecule has 0 spiro atoms. The third-order valence-electron chi connectivity index (χ3n) is 3.31. The molecule has 0 saturated heterocycles. The molecular formula is C15H18N2OS. The minimum atomic E-state index is 0.392. The van der Waals surface area contributed by atoms with Crippen LogP contribution in [0.3, 0.4) is 0 Å². The van der Waals surface area contributed by atoms with Gasteiger partial charge in [0.15, 0.2) is 0 Å². The SMILES string of the molecule is CCOc1ncccc1NC(c1cccs1)C1CC1. The molecule has 4 heteroatoms. The van der Waals surface area contributed by atoms with E-state index < -0.39 is 0 Å². The Kier molecular flexibility index (Phi) is 3.69. The second kappa shape index (κ2) is 5.61. The molecule has 1 atom stereocenters. The summed E-state index contributed by atoms with van der Waals surface area (Å²) in [6.45, 7) is 2.62. The standard InChI is InChI=1S/C15H18N2OS/c1-2-18-15-12(5-3-9-16-15)17-14(11-7-8-11)13-6-4-10-19-13/h3-6,9-11,14,17H,2,7-8H2,1H3. The molecule has 1 aliphatic carbocycles. The highest BCUT2D eigenvalue weighted by Gasteiger charge is 2.33. The zero-order valence-corrected chi connectivity index (χ0v) is 11.8. The summed E-state index contributed by atoms with van der Waals surface area (Å²) in [5.74, 6) is 1.44. The molecule has 0 radical (unpaired) electrons. The van der Waals surface area contributed by atoms with Crippen molar-refractivity contribution in [2.24, 2.45) is 5.92 Å². The molecule has 1 fully saturated rings. The second-order valence-corrected chi connectivity index (χ2v) is 5.74. The number of hydrogen-bond acceptors (Lipinski definition) is 4. The van der Waals surface area contributed by atoms with E-state index >= 15 is 0 Å². The van der Waals surface area contributed by atoms with Gasteiger partial charge < -0.3 is 10.1 Å². The number of nitrogens with zero attached hydrogens (tertiary/aromatic N) is 1. The smallest absolute Gasteiger partial charge is 0.237 e. The van der Waals surface area contributed by atoms with Gasteiger partial charge in [0, 0.05) is 11.1 Å². The molecule has 2 heterocycles. The monoisotopic (exact) mass is 274 g/mol. The predicted octanol–water partition coefficient (Wildman–Crippen LogP) is 4.11. The van der Waals surface area contributed by atoms with Gasteiger partial charge in [-0.3, -0.25) is 0 Å². The summed E-state index contributed by atoms with van der Waals surface area (Å²) in [6, 6.07) is 8.70. The third kappa shape index (κ3) is 2.89. The van der Waals surface area contributed by atoms with Gasteiger partial charge in [0.25, 0.3) is 0 Å². The largest absolute Gasteiger partial charge is 0.476 e. The third-order valence-corrected chi connectivity index (χ3v) is 4.26. The molecule has 1 saturated carbocycles. The maximum atomic E-state index is 5.59. The molecule has 0 amide bonds. The van der Waals surface area contributed by atoms with Crippen LogP contribution in [-0.4, -0.2) is 11.6 Å². The number of hydrogen-bond donors (Lipinski definition) is 1. The van der Waals surface area contributed by atoms with Gasteiger partial charge in [0.2, 0.25) is 5.88 Å². The molecule has 100 valence electrons. The van der Waals surface area contributed by atoms with Crippen LogP contribution in [-0.2, 0) is 0 Å². The van der Waals surface area contributed by atoms with Crippen LogP contribution in [0.1, 0.15) is 30.7 Å². The number of anilines is 1. The lowest BCUT2D eigenvalue weighted by atomic mass is 10.1. The Labute approximate surface area is 117 Å². The summed E-state index contributed by atoms with van der Waals surface area (Å²) in [5.41, 5.74) is 0.995. The first-order chi connectivity index (χ1) is 9.38. The van der Waals surface area contributed by atoms with Gasteiger partial charge in [-0.1, -0.05) is 6.07 Å². The van der Waals surface area contributed by atoms with E-state index in [4.69, 9.17) is 4.74 Å². The van der Waals surface area contributed by atoms with Crippen molar-refractivity contribution in [2.75, 3.05) is 11.9 Å². The van der Waals surface area contributed by atoms with E-state index in [1.807, 2.05) is 30.4 Å². The van der Waals surface area contributed by atoms with Gasteiger partial charge in [0.1, 0.15) is 0 Å². The van der Waals surface area contributed by atoms with Crippen molar-refractivity contribution in [3.8, 4) is 5.88 Å². The zero-order valence-electron chi connectivity index (χ0n) is 11.0. The van der Waals surface area contributed by atoms with Crippen LogP contribution in [0, 0.1) is 5.92 Å². The summed E-state index contributed by atoms with van der Waals surface area (Å²) in [6.07, 6.45) is 4.38. The minimum Gasteiger partial charge on any atom is -0.476 e. The Hall–Kier alpha value is -1.55. The van der Waals surface area contributed by atoms with Gasteiger partial charge in [-0.05, 0) is 49.3 Å². The van der Waals surface area contributed by atoms with Crippen molar-refractivity contribution in [1.29, 1.82) is 0 Å². The fourth-order valence-electron chi connectivity index (χ4n) is 2.24. The highest BCUT2D eigenvalue weighted by molar-refractivity contribution is 7.10. The lowest BCUT2D eigenvalue weighted by molar-refractivity contribution is 0.328. The topological polar surface area (TPSA) is 34.1 Å². The lowest BCUT2D eigenvalue weighted by Gasteiger charge is -2.19. The van der Waals surface area contributed by atoms with Crippen LogP contribution >= 0.6 is 11.3 Å². The van der Waals surface area contributed by atoms with E-state index in [9.17, 15) is 0 Å². The fourth-order valence-corrected chi connectivity index (χ4v) is 3.11. The molecule has 2 aromatic rings. The quantitative estimate of drug-likeness (QED) is 0.861. The van der Waals surface area contributed by atoms with Gasteiger partial charge in [-0.2, -0.15) is 0 Å². The zero-order chi connectivity index (χ0) is 13.1. The maximum Gasteiger partial charge on any atom is 0.237 e. The van der Waals surface area contributed by atoms with Crippen molar-refractivity contribution < 1.29 is 4.74 Å². The van der Waals surface area contributed by atoms with E-state index in [2.05, 4.69) is 27.8 Å². The lowest BCUT2D eigenvalue weighted by Crippen LogP contribution is -2.13. The normalized spacial score (nSPS) is 16.1. The summed E-state index contributed by atoms with van der Waals surface area (Å²) < 4.78 is 5.59. The van der Waals surface area contributed by atoms with Crippen molar-refractivity contribution >= 4 is 17.0 Å². The summed E-state index contributed by atoms with van der Waals surface area (Å²) >= 11 is 1.81. The van der Waals surface area contributed by atoms with Crippen molar-refractivity contribution in [2.45, 2.75) is 25.8 Å². The van der Waals surface area contributed by atoms with Crippen LogP contribution in [0.4, 0.5) is 5.69 Å². The highest BCUT2D eigenvalue weighted by Crippen LogP contribution is 2.44. The molecule has 2 aromatic heterocycles. The molecule has 1 aliphatic rings. The summed E-state index contributed by atoms with van der Waals surface area (Å²) in [4.78, 5) is 5.70. The Balaban J connectivity index is 1.82. The van der Waals surface area contributed by atoms with E-state index in [1.165, 1.54) is 17.7 Å². The average molecular weight is 274 g/mol. The number of thiophene rings is 1. The van der Waals surface area contributed by atoms with Gasteiger partial charge in [-0.15, -0.1) is 11.3 Å². The fraction of sp³-hybridized carbons (Fsp3) is 0.400. The van der Waals surface area contributed by atoms with Crippen molar-refractivity contribution in [1.82, 2.24) is 4.98 Å². The van der Waals surface area contributed by atoms with Crippen LogP contribution in [0.15, 0.2) is 35.8 Å². The van der Waals surface area contributed by atoms with E-state index in [0.717, 1.165) is 11.6 Å². The highest BCUT2D eigenvalue weighted by atomic mass is 32.1. The number of aromatic nitrogens is 1. The number of pyridine rings is 1. The van der Waals surface area contributed by atoms with Crippen molar-refractivity contribution in [3.05, 3.63) is 40.7 Å². The average Bonchev–Trinajstić information content (AvgIpc) is 3.12. The molecule has 0 aliphatic heterocycles. The second-order valence-electron chi connectivity index (χ2n) is 4.76. The van der Waals surface area contributed by atoms with Crippen molar-refractivity contribution in [3.63, 3.8) is 0 Å². The first-order valence-corrected chi connectivity index (χ1v) is 7.64. The van der Waals surface area contributed by atoms with Crippen LogP contribution in [0.2, 0.25) is 0 Å². The Bertz CT molecular complexity index is 523. The summed E-state index contributed by atoms with van der Waals surface area (Å²) in [5, 5.41) is 5.76. The molecule has 0 bridgehead atoms. The molecule has 3 nitrogen and oxygen atoms in total. The molecule has 1 unspecified atom stereocenters. The van der Waals surface area contributed by atoms with Gasteiger partial charge >= 0.3 is 0 Å². The maximum absolute atomic E-state index is 5.59. The minimum absolute atomic E-state index is 0.392. The van der Waals surface area contributed by atoms with Gasteiger partial charge in [0.05, 0.1) is 18.3 Å². The Morgan fingerprint density at radius 2 is 2.32 bits per heavy atom. The van der Waals surface area contributed by atoms with E-state index in [0.29, 0.717) is 18.5 Å². The number of nitrogens with one attached hydrogen (secondary N) is 1. The molecule has 3 rings (SSSR count). The molecule has 19 heavy (non-hydrogen) atoms. The van der Waals surface area contributed by atoms with E-state index in [-0.39, 0.29) is 0 Å².